The number of imidazole rings is 1. The van der Waals surface area contributed by atoms with E-state index in [-0.39, 0.29) is 57.3 Å². The van der Waals surface area contributed by atoms with Crippen LogP contribution in [0.25, 0.3) is 33.9 Å². The highest BCUT2D eigenvalue weighted by molar-refractivity contribution is 5.94. The SMILES string of the molecule is COc1ccc(-c2nc(-c3cc(C(F)(F)F)cc(C(F)(F)F)c3)n(Cc3ccc(C(=O)NCCOCCOCCO)cc3)c2-c2ccc(OC)cc2)cc1. The van der Waals surface area contributed by atoms with Crippen molar-refractivity contribution in [3.8, 4) is 45.4 Å². The maximum atomic E-state index is 14.1. The molecule has 0 aliphatic heterocycles. The van der Waals surface area contributed by atoms with Gasteiger partial charge in [0, 0.05) is 35.3 Å². The second-order valence-electron chi connectivity index (χ2n) is 11.9. The number of ether oxygens (including phenoxy) is 4. The van der Waals surface area contributed by atoms with E-state index in [0.717, 1.165) is 0 Å². The number of aromatic nitrogens is 2. The lowest BCUT2D eigenvalue weighted by Crippen LogP contribution is -2.27. The Labute approximate surface area is 307 Å². The number of hydrogen-bond acceptors (Lipinski definition) is 7. The molecule has 0 aliphatic rings. The molecule has 5 aromatic rings. The number of carbonyl (C=O) groups excluding carboxylic acids is 1. The second kappa shape index (κ2) is 17.6. The summed E-state index contributed by atoms with van der Waals surface area (Å²) in [7, 11) is 2.97. The zero-order valence-electron chi connectivity index (χ0n) is 29.3. The van der Waals surface area contributed by atoms with Gasteiger partial charge in [0.2, 0.25) is 0 Å². The van der Waals surface area contributed by atoms with Crippen LogP contribution in [0.5, 0.6) is 11.5 Å². The number of halogens is 6. The maximum absolute atomic E-state index is 14.1. The number of amides is 1. The van der Waals surface area contributed by atoms with Crippen molar-refractivity contribution >= 4 is 5.91 Å². The first-order chi connectivity index (χ1) is 25.8. The van der Waals surface area contributed by atoms with Crippen molar-refractivity contribution in [2.24, 2.45) is 0 Å². The summed E-state index contributed by atoms with van der Waals surface area (Å²) in [5, 5.41) is 11.5. The number of nitrogens with one attached hydrogen (secondary N) is 1. The van der Waals surface area contributed by atoms with E-state index in [1.54, 1.807) is 77.4 Å². The third kappa shape index (κ3) is 9.98. The average molecular weight is 758 g/mol. The molecule has 1 amide bonds. The molecule has 54 heavy (non-hydrogen) atoms. The minimum absolute atomic E-state index is 0.0501. The van der Waals surface area contributed by atoms with Crippen LogP contribution in [0.2, 0.25) is 0 Å². The van der Waals surface area contributed by atoms with Crippen molar-refractivity contribution in [2.75, 3.05) is 53.8 Å². The largest absolute Gasteiger partial charge is 0.497 e. The van der Waals surface area contributed by atoms with Crippen LogP contribution in [0.15, 0.2) is 91.0 Å². The van der Waals surface area contributed by atoms with Crippen LogP contribution in [-0.4, -0.2) is 74.4 Å². The molecule has 0 aliphatic carbocycles. The molecule has 0 atom stereocenters. The zero-order valence-corrected chi connectivity index (χ0v) is 29.3. The Morgan fingerprint density at radius 3 is 1.76 bits per heavy atom. The Bertz CT molecular complexity index is 1960. The Hall–Kier alpha value is -5.38. The highest BCUT2D eigenvalue weighted by Crippen LogP contribution is 2.42. The quantitative estimate of drug-likeness (QED) is 0.0785. The minimum Gasteiger partial charge on any atom is -0.497 e. The number of rotatable bonds is 16. The lowest BCUT2D eigenvalue weighted by molar-refractivity contribution is -0.143. The molecule has 1 heterocycles. The van der Waals surface area contributed by atoms with Gasteiger partial charge in [-0.05, 0) is 84.4 Å². The Balaban J connectivity index is 1.58. The molecule has 4 aromatic carbocycles. The molecule has 2 N–H and O–H groups in total. The molecule has 0 saturated carbocycles. The molecule has 0 bridgehead atoms. The number of methoxy groups -OCH3 is 2. The summed E-state index contributed by atoms with van der Waals surface area (Å²) < 4.78 is 107. The summed E-state index contributed by atoms with van der Waals surface area (Å²) in [4.78, 5) is 17.6. The van der Waals surface area contributed by atoms with Crippen LogP contribution in [0, 0.1) is 0 Å². The van der Waals surface area contributed by atoms with Crippen molar-refractivity contribution in [2.45, 2.75) is 18.9 Å². The van der Waals surface area contributed by atoms with Gasteiger partial charge in [0.15, 0.2) is 0 Å². The molecule has 0 unspecified atom stereocenters. The van der Waals surface area contributed by atoms with Crippen molar-refractivity contribution < 1.29 is 55.2 Å². The van der Waals surface area contributed by atoms with E-state index in [1.165, 1.54) is 14.2 Å². The zero-order chi connectivity index (χ0) is 38.9. The number of hydrogen-bond donors (Lipinski definition) is 2. The predicted molar refractivity (Wildman–Crippen MR) is 188 cm³/mol. The highest BCUT2D eigenvalue weighted by Gasteiger charge is 2.38. The minimum atomic E-state index is -5.08. The van der Waals surface area contributed by atoms with E-state index in [9.17, 15) is 31.1 Å². The molecule has 286 valence electrons. The van der Waals surface area contributed by atoms with E-state index >= 15 is 0 Å². The predicted octanol–water partition coefficient (Wildman–Crippen LogP) is 7.74. The van der Waals surface area contributed by atoms with Gasteiger partial charge in [-0.15, -0.1) is 0 Å². The smallest absolute Gasteiger partial charge is 0.416 e. The van der Waals surface area contributed by atoms with E-state index < -0.39 is 29.0 Å². The van der Waals surface area contributed by atoms with Gasteiger partial charge in [0.05, 0.1) is 69.8 Å². The summed E-state index contributed by atoms with van der Waals surface area (Å²) in [6.07, 6.45) is -10.2. The number of benzene rings is 4. The molecule has 15 heteroatoms. The number of alkyl halides is 6. The molecule has 1 aromatic heterocycles. The molecular weight excluding hydrogens is 720 g/mol. The summed E-state index contributed by atoms with van der Waals surface area (Å²) in [5.41, 5.74) is -0.670. The molecule has 0 radical (unpaired) electrons. The number of aliphatic hydroxyl groups excluding tert-OH is 1. The highest BCUT2D eigenvalue weighted by atomic mass is 19.4. The first kappa shape index (κ1) is 39.8. The summed E-state index contributed by atoms with van der Waals surface area (Å²) >= 11 is 0. The van der Waals surface area contributed by atoms with Gasteiger partial charge in [-0.1, -0.05) is 12.1 Å². The standard InChI is InChI=1S/C39H37F6N3O6/c1-51-32-11-7-26(8-12-32)34-35(27-9-13-33(52-2)14-10-27)48(36(47-34)29-21-30(38(40,41)42)23-31(22-29)39(43,44)45)24-25-3-5-28(6-4-25)37(50)46-15-17-53-19-20-54-18-16-49/h3-14,21-23,49H,15-20,24H2,1-2H3,(H,46,50). The summed E-state index contributed by atoms with van der Waals surface area (Å²) in [6, 6.07) is 21.3. The molecule has 9 nitrogen and oxygen atoms in total. The van der Waals surface area contributed by atoms with Crippen LogP contribution >= 0.6 is 0 Å². The number of nitrogens with zero attached hydrogens (tertiary/aromatic N) is 2. The number of carbonyl (C=O) groups is 1. The molecule has 0 fully saturated rings. The lowest BCUT2D eigenvalue weighted by atomic mass is 10.0. The van der Waals surface area contributed by atoms with Crippen molar-refractivity contribution in [1.82, 2.24) is 14.9 Å². The van der Waals surface area contributed by atoms with Crippen molar-refractivity contribution in [1.29, 1.82) is 0 Å². The normalized spacial score (nSPS) is 11.8. The second-order valence-corrected chi connectivity index (χ2v) is 11.9. The Morgan fingerprint density at radius 1 is 0.704 bits per heavy atom. The van der Waals surface area contributed by atoms with E-state index in [2.05, 4.69) is 5.32 Å². The fraction of sp³-hybridized carbons (Fsp3) is 0.282. The maximum Gasteiger partial charge on any atom is 0.416 e. The lowest BCUT2D eigenvalue weighted by Gasteiger charge is -2.17. The fourth-order valence-electron chi connectivity index (χ4n) is 5.57. The third-order valence-electron chi connectivity index (χ3n) is 8.24. The monoisotopic (exact) mass is 757 g/mol. The third-order valence-corrected chi connectivity index (χ3v) is 8.24. The van der Waals surface area contributed by atoms with Gasteiger partial charge in [-0.25, -0.2) is 4.98 Å². The van der Waals surface area contributed by atoms with Crippen LogP contribution in [0.1, 0.15) is 27.0 Å². The summed E-state index contributed by atoms with van der Waals surface area (Å²) in [6.45, 7) is 1.10. The van der Waals surface area contributed by atoms with Crippen LogP contribution in [-0.2, 0) is 28.4 Å². The first-order valence-corrected chi connectivity index (χ1v) is 16.6. The van der Waals surface area contributed by atoms with Gasteiger partial charge in [0.1, 0.15) is 17.3 Å². The van der Waals surface area contributed by atoms with Gasteiger partial charge in [-0.3, -0.25) is 4.79 Å². The van der Waals surface area contributed by atoms with Gasteiger partial charge in [0.25, 0.3) is 5.91 Å². The summed E-state index contributed by atoms with van der Waals surface area (Å²) in [5.74, 6) is 0.523. The molecular formula is C39H37F6N3O6. The van der Waals surface area contributed by atoms with Gasteiger partial charge < -0.3 is 33.9 Å². The molecule has 0 saturated heterocycles. The van der Waals surface area contributed by atoms with E-state index in [0.29, 0.717) is 63.9 Å². The van der Waals surface area contributed by atoms with E-state index in [1.807, 2.05) is 0 Å². The number of aliphatic hydroxyl groups is 1. The van der Waals surface area contributed by atoms with Crippen molar-refractivity contribution in [3.05, 3.63) is 113 Å². The van der Waals surface area contributed by atoms with Gasteiger partial charge >= 0.3 is 12.4 Å². The van der Waals surface area contributed by atoms with Crippen LogP contribution in [0.3, 0.4) is 0 Å². The van der Waals surface area contributed by atoms with Crippen molar-refractivity contribution in [3.63, 3.8) is 0 Å². The van der Waals surface area contributed by atoms with Crippen LogP contribution < -0.4 is 14.8 Å². The Kier molecular flexibility index (Phi) is 13.0. The van der Waals surface area contributed by atoms with Crippen LogP contribution in [0.4, 0.5) is 26.3 Å². The molecule has 0 spiro atoms. The first-order valence-electron chi connectivity index (χ1n) is 16.6. The van der Waals surface area contributed by atoms with E-state index in [4.69, 9.17) is 29.0 Å². The fourth-order valence-corrected chi connectivity index (χ4v) is 5.57. The topological polar surface area (TPSA) is 104 Å². The Morgan fingerprint density at radius 2 is 1.24 bits per heavy atom. The average Bonchev–Trinajstić information content (AvgIpc) is 3.54. The van der Waals surface area contributed by atoms with Gasteiger partial charge in [-0.2, -0.15) is 26.3 Å². The molecule has 5 rings (SSSR count).